The van der Waals surface area contributed by atoms with Crippen molar-refractivity contribution in [1.82, 2.24) is 20.5 Å². The maximum atomic E-state index is 12.8. The maximum Gasteiger partial charge on any atom is 0.228 e. The molecule has 3 aromatic rings. The lowest BCUT2D eigenvalue weighted by Crippen LogP contribution is -2.25. The zero-order chi connectivity index (χ0) is 18.4. The van der Waals surface area contributed by atoms with E-state index in [-0.39, 0.29) is 24.8 Å². The van der Waals surface area contributed by atoms with E-state index in [9.17, 15) is 9.18 Å². The number of H-pyrrole nitrogens is 1. The summed E-state index contributed by atoms with van der Waals surface area (Å²) in [6.07, 6.45) is 0.0403. The van der Waals surface area contributed by atoms with Gasteiger partial charge in [0.25, 0.3) is 0 Å². The summed E-state index contributed by atoms with van der Waals surface area (Å²) in [5.74, 6) is 1.01. The average molecular weight is 375 g/mol. The number of amides is 1. The van der Waals surface area contributed by atoms with Crippen LogP contribution in [-0.2, 0) is 24.4 Å². The number of ether oxygens (including phenoxy) is 1. The summed E-state index contributed by atoms with van der Waals surface area (Å²) in [4.78, 5) is 16.2. The van der Waals surface area contributed by atoms with Crippen LogP contribution in [-0.4, -0.2) is 21.1 Å². The SMILES string of the molecule is O=C(Cc1n[nH]c(COc2ccc(Cl)cc2)n1)NCc1ccc(F)cc1. The summed E-state index contributed by atoms with van der Waals surface area (Å²) < 4.78 is 18.4. The molecule has 0 saturated carbocycles. The van der Waals surface area contributed by atoms with Gasteiger partial charge in [-0.1, -0.05) is 23.7 Å². The number of aromatic nitrogens is 3. The van der Waals surface area contributed by atoms with Crippen molar-refractivity contribution in [2.45, 2.75) is 19.6 Å². The van der Waals surface area contributed by atoms with Crippen molar-refractivity contribution < 1.29 is 13.9 Å². The average Bonchev–Trinajstić information content (AvgIpc) is 3.08. The van der Waals surface area contributed by atoms with Gasteiger partial charge in [-0.15, -0.1) is 0 Å². The first kappa shape index (κ1) is 17.9. The summed E-state index contributed by atoms with van der Waals surface area (Å²) in [5, 5.41) is 10.1. The van der Waals surface area contributed by atoms with Crippen LogP contribution >= 0.6 is 11.6 Å². The number of hydrogen-bond acceptors (Lipinski definition) is 4. The van der Waals surface area contributed by atoms with Crippen molar-refractivity contribution >= 4 is 17.5 Å². The van der Waals surface area contributed by atoms with E-state index >= 15 is 0 Å². The second-order valence-corrected chi connectivity index (χ2v) is 5.96. The van der Waals surface area contributed by atoms with E-state index in [1.165, 1.54) is 12.1 Å². The number of halogens is 2. The van der Waals surface area contributed by atoms with Gasteiger partial charge in [-0.25, -0.2) is 9.37 Å². The first-order valence-electron chi connectivity index (χ1n) is 7.88. The van der Waals surface area contributed by atoms with Gasteiger partial charge in [0.1, 0.15) is 18.2 Å². The number of nitrogens with one attached hydrogen (secondary N) is 2. The van der Waals surface area contributed by atoms with E-state index in [1.54, 1.807) is 36.4 Å². The Balaban J connectivity index is 1.45. The summed E-state index contributed by atoms with van der Waals surface area (Å²) in [7, 11) is 0. The summed E-state index contributed by atoms with van der Waals surface area (Å²) in [6, 6.07) is 12.9. The maximum absolute atomic E-state index is 12.8. The minimum atomic E-state index is -0.311. The van der Waals surface area contributed by atoms with E-state index < -0.39 is 0 Å². The molecule has 0 radical (unpaired) electrons. The lowest BCUT2D eigenvalue weighted by atomic mass is 10.2. The third kappa shape index (κ3) is 5.29. The van der Waals surface area contributed by atoms with Crippen molar-refractivity contribution in [2.75, 3.05) is 0 Å². The molecule has 0 unspecified atom stereocenters. The largest absolute Gasteiger partial charge is 0.486 e. The molecule has 1 amide bonds. The fourth-order valence-electron chi connectivity index (χ4n) is 2.17. The van der Waals surface area contributed by atoms with Crippen LogP contribution in [0.2, 0.25) is 5.02 Å². The molecule has 0 aliphatic rings. The zero-order valence-electron chi connectivity index (χ0n) is 13.7. The Kier molecular flexibility index (Phi) is 5.80. The van der Waals surface area contributed by atoms with Gasteiger partial charge in [0.05, 0.1) is 6.42 Å². The van der Waals surface area contributed by atoms with Crippen LogP contribution in [0.15, 0.2) is 48.5 Å². The van der Waals surface area contributed by atoms with Gasteiger partial charge in [0.2, 0.25) is 5.91 Å². The third-order valence-electron chi connectivity index (χ3n) is 3.49. The molecule has 0 saturated heterocycles. The molecule has 0 spiro atoms. The normalized spacial score (nSPS) is 10.5. The molecule has 2 N–H and O–H groups in total. The van der Waals surface area contributed by atoms with Crippen molar-refractivity contribution in [3.8, 4) is 5.75 Å². The van der Waals surface area contributed by atoms with E-state index in [2.05, 4.69) is 20.5 Å². The smallest absolute Gasteiger partial charge is 0.228 e. The van der Waals surface area contributed by atoms with Crippen molar-refractivity contribution in [3.05, 3.63) is 76.6 Å². The lowest BCUT2D eigenvalue weighted by molar-refractivity contribution is -0.120. The zero-order valence-corrected chi connectivity index (χ0v) is 14.5. The topological polar surface area (TPSA) is 79.9 Å². The second kappa shape index (κ2) is 8.44. The van der Waals surface area contributed by atoms with Gasteiger partial charge in [-0.05, 0) is 42.0 Å². The van der Waals surface area contributed by atoms with Crippen LogP contribution in [0.1, 0.15) is 17.2 Å². The van der Waals surface area contributed by atoms with E-state index in [0.29, 0.717) is 29.0 Å². The molecule has 2 aromatic carbocycles. The number of rotatable bonds is 7. The second-order valence-electron chi connectivity index (χ2n) is 5.52. The monoisotopic (exact) mass is 374 g/mol. The highest BCUT2D eigenvalue weighted by Crippen LogP contribution is 2.16. The van der Waals surface area contributed by atoms with Crippen LogP contribution in [0.5, 0.6) is 5.75 Å². The number of aromatic amines is 1. The van der Waals surface area contributed by atoms with E-state index in [0.717, 1.165) is 5.56 Å². The molecule has 0 bridgehead atoms. The molecule has 26 heavy (non-hydrogen) atoms. The van der Waals surface area contributed by atoms with Crippen LogP contribution in [0.3, 0.4) is 0 Å². The highest BCUT2D eigenvalue weighted by molar-refractivity contribution is 6.30. The van der Waals surface area contributed by atoms with Crippen LogP contribution in [0.25, 0.3) is 0 Å². The molecular formula is C18H16ClFN4O2. The first-order valence-corrected chi connectivity index (χ1v) is 8.26. The summed E-state index contributed by atoms with van der Waals surface area (Å²) >= 11 is 5.81. The van der Waals surface area contributed by atoms with Crippen molar-refractivity contribution in [2.24, 2.45) is 0 Å². The van der Waals surface area contributed by atoms with Gasteiger partial charge in [0, 0.05) is 11.6 Å². The lowest BCUT2D eigenvalue weighted by Gasteiger charge is -2.04. The van der Waals surface area contributed by atoms with Gasteiger partial charge >= 0.3 is 0 Å². The molecule has 134 valence electrons. The predicted molar refractivity (Wildman–Crippen MR) is 94.1 cm³/mol. The van der Waals surface area contributed by atoms with Crippen molar-refractivity contribution in [1.29, 1.82) is 0 Å². The van der Waals surface area contributed by atoms with Gasteiger partial charge in [0.15, 0.2) is 11.6 Å². The Morgan fingerprint density at radius 1 is 1.15 bits per heavy atom. The third-order valence-corrected chi connectivity index (χ3v) is 3.74. The molecule has 3 rings (SSSR count). The molecule has 6 nitrogen and oxygen atoms in total. The number of carbonyl (C=O) groups excluding carboxylic acids is 1. The Morgan fingerprint density at radius 3 is 2.62 bits per heavy atom. The number of hydrogen-bond donors (Lipinski definition) is 2. The minimum absolute atomic E-state index is 0.0403. The molecule has 0 fully saturated rings. The molecule has 0 aliphatic heterocycles. The standard InChI is InChI=1S/C18H16ClFN4O2/c19-13-3-7-15(8-4-13)26-11-17-22-16(23-24-17)9-18(25)21-10-12-1-5-14(20)6-2-12/h1-8H,9-11H2,(H,21,25)(H,22,23,24). The van der Waals surface area contributed by atoms with E-state index in [1.807, 2.05) is 0 Å². The number of nitrogens with zero attached hydrogens (tertiary/aromatic N) is 2. The van der Waals surface area contributed by atoms with Crippen LogP contribution in [0, 0.1) is 5.82 Å². The van der Waals surface area contributed by atoms with Crippen molar-refractivity contribution in [3.63, 3.8) is 0 Å². The highest BCUT2D eigenvalue weighted by Gasteiger charge is 2.09. The van der Waals surface area contributed by atoms with Crippen LogP contribution in [0.4, 0.5) is 4.39 Å². The summed E-state index contributed by atoms with van der Waals surface area (Å²) in [6.45, 7) is 0.516. The predicted octanol–water partition coefficient (Wildman–Crippen LogP) is 3.04. The molecule has 8 heteroatoms. The first-order chi connectivity index (χ1) is 12.6. The fraction of sp³-hybridized carbons (Fsp3) is 0.167. The van der Waals surface area contributed by atoms with Gasteiger partial charge < -0.3 is 10.1 Å². The minimum Gasteiger partial charge on any atom is -0.486 e. The highest BCUT2D eigenvalue weighted by atomic mass is 35.5. The molecule has 1 aromatic heterocycles. The molecular weight excluding hydrogens is 359 g/mol. The quantitative estimate of drug-likeness (QED) is 0.666. The number of carbonyl (C=O) groups is 1. The number of benzene rings is 2. The molecule has 0 aliphatic carbocycles. The molecule has 1 heterocycles. The van der Waals surface area contributed by atoms with E-state index in [4.69, 9.17) is 16.3 Å². The fourth-order valence-corrected chi connectivity index (χ4v) is 2.30. The Labute approximate surface area is 154 Å². The summed E-state index contributed by atoms with van der Waals surface area (Å²) in [5.41, 5.74) is 0.812. The Bertz CT molecular complexity index is 866. The Morgan fingerprint density at radius 2 is 1.88 bits per heavy atom. The van der Waals surface area contributed by atoms with Crippen LogP contribution < -0.4 is 10.1 Å². The Hall–Kier alpha value is -2.93. The molecule has 0 atom stereocenters. The van der Waals surface area contributed by atoms with Gasteiger partial charge in [-0.2, -0.15) is 5.10 Å². The van der Waals surface area contributed by atoms with Gasteiger partial charge in [-0.3, -0.25) is 9.89 Å².